The van der Waals surface area contributed by atoms with Crippen LogP contribution in [-0.4, -0.2) is 38.8 Å². The van der Waals surface area contributed by atoms with Crippen molar-refractivity contribution in [2.45, 2.75) is 62.8 Å². The molecule has 0 amide bonds. The maximum atomic E-state index is 5.95. The van der Waals surface area contributed by atoms with Gasteiger partial charge in [0.2, 0.25) is 0 Å². The molecule has 2 aromatic heterocycles. The lowest BCUT2D eigenvalue weighted by atomic mass is 10.0. The molecule has 3 atom stereocenters. The third-order valence-corrected chi connectivity index (χ3v) is 6.81. The van der Waals surface area contributed by atoms with Crippen molar-refractivity contribution in [3.05, 3.63) is 54.1 Å². The standard InChI is InChI=1S/C22H28N4OS/c28-22-24-20(18-10-3-4-12-23-18)21(26(22)15-17-9-6-14-27-17)19-11-5-13-25(19)16-7-1-2-8-16/h3-5,10-13,16-17,20-21H,1-2,6-9,14-15H2,(H,24,28)/t17-,20-,21+/m1/s1. The number of hydrogen-bond acceptors (Lipinski definition) is 3. The summed E-state index contributed by atoms with van der Waals surface area (Å²) in [6, 6.07) is 11.4. The number of hydrogen-bond donors (Lipinski definition) is 1. The van der Waals surface area contributed by atoms with Gasteiger partial charge in [-0.25, -0.2) is 0 Å². The molecule has 0 radical (unpaired) electrons. The van der Waals surface area contributed by atoms with Crippen molar-refractivity contribution in [3.8, 4) is 0 Å². The summed E-state index contributed by atoms with van der Waals surface area (Å²) in [6.07, 6.45) is 11.8. The summed E-state index contributed by atoms with van der Waals surface area (Å²) in [4.78, 5) is 7.01. The molecular formula is C22H28N4OS. The molecule has 3 aliphatic rings. The van der Waals surface area contributed by atoms with Gasteiger partial charge in [-0.05, 0) is 62.2 Å². The number of nitrogens with one attached hydrogen (secondary N) is 1. The molecule has 148 valence electrons. The summed E-state index contributed by atoms with van der Waals surface area (Å²) in [5.74, 6) is 0. The molecule has 2 saturated heterocycles. The summed E-state index contributed by atoms with van der Waals surface area (Å²) < 4.78 is 8.45. The molecule has 0 aromatic carbocycles. The molecule has 0 spiro atoms. The van der Waals surface area contributed by atoms with Crippen molar-refractivity contribution in [2.24, 2.45) is 0 Å². The van der Waals surface area contributed by atoms with E-state index >= 15 is 0 Å². The van der Waals surface area contributed by atoms with Crippen LogP contribution in [0.5, 0.6) is 0 Å². The molecule has 1 N–H and O–H groups in total. The zero-order chi connectivity index (χ0) is 18.9. The predicted molar refractivity (Wildman–Crippen MR) is 113 cm³/mol. The van der Waals surface area contributed by atoms with Gasteiger partial charge >= 0.3 is 0 Å². The number of rotatable bonds is 5. The quantitative estimate of drug-likeness (QED) is 0.769. The Kier molecular flexibility index (Phi) is 5.07. The van der Waals surface area contributed by atoms with Gasteiger partial charge in [0.1, 0.15) is 0 Å². The van der Waals surface area contributed by atoms with Crippen LogP contribution in [0.2, 0.25) is 0 Å². The molecule has 0 unspecified atom stereocenters. The molecule has 28 heavy (non-hydrogen) atoms. The number of thiocarbonyl (C=S) groups is 1. The van der Waals surface area contributed by atoms with E-state index in [4.69, 9.17) is 17.0 Å². The van der Waals surface area contributed by atoms with Crippen LogP contribution < -0.4 is 5.32 Å². The minimum atomic E-state index is 0.0603. The Labute approximate surface area is 172 Å². The second-order valence-corrected chi connectivity index (χ2v) is 8.58. The highest BCUT2D eigenvalue weighted by Crippen LogP contribution is 2.42. The number of aromatic nitrogens is 2. The largest absolute Gasteiger partial charge is 0.376 e. The van der Waals surface area contributed by atoms with E-state index in [1.165, 1.54) is 31.4 Å². The average molecular weight is 397 g/mol. The van der Waals surface area contributed by atoms with Crippen LogP contribution in [0.1, 0.15) is 68.0 Å². The fraction of sp³-hybridized carbons (Fsp3) is 0.545. The molecule has 2 aliphatic heterocycles. The molecule has 1 aliphatic carbocycles. The molecule has 3 fully saturated rings. The Morgan fingerprint density at radius 2 is 2.00 bits per heavy atom. The van der Waals surface area contributed by atoms with Crippen LogP contribution in [0.4, 0.5) is 0 Å². The van der Waals surface area contributed by atoms with E-state index in [9.17, 15) is 0 Å². The van der Waals surface area contributed by atoms with Gasteiger partial charge in [0, 0.05) is 37.3 Å². The lowest BCUT2D eigenvalue weighted by Gasteiger charge is -2.31. The Bertz CT molecular complexity index is 811. The first-order chi connectivity index (χ1) is 13.8. The monoisotopic (exact) mass is 396 g/mol. The summed E-state index contributed by atoms with van der Waals surface area (Å²) in [5.41, 5.74) is 2.39. The van der Waals surface area contributed by atoms with Crippen LogP contribution in [-0.2, 0) is 4.74 Å². The van der Waals surface area contributed by atoms with Crippen molar-refractivity contribution in [2.75, 3.05) is 13.2 Å². The zero-order valence-corrected chi connectivity index (χ0v) is 17.0. The highest BCUT2D eigenvalue weighted by atomic mass is 32.1. The van der Waals surface area contributed by atoms with Crippen molar-refractivity contribution in [1.29, 1.82) is 0 Å². The molecule has 0 bridgehead atoms. The van der Waals surface area contributed by atoms with E-state index in [-0.39, 0.29) is 18.2 Å². The Hall–Kier alpha value is -1.92. The molecular weight excluding hydrogens is 368 g/mol. The summed E-state index contributed by atoms with van der Waals surface area (Å²) in [6.45, 7) is 1.71. The van der Waals surface area contributed by atoms with Crippen LogP contribution in [0.3, 0.4) is 0 Å². The summed E-state index contributed by atoms with van der Waals surface area (Å²) >= 11 is 5.80. The second-order valence-electron chi connectivity index (χ2n) is 8.19. The van der Waals surface area contributed by atoms with E-state index in [0.29, 0.717) is 6.04 Å². The van der Waals surface area contributed by atoms with Crippen LogP contribution >= 0.6 is 12.2 Å². The van der Waals surface area contributed by atoms with E-state index in [1.54, 1.807) is 0 Å². The van der Waals surface area contributed by atoms with E-state index in [1.807, 2.05) is 12.3 Å². The Balaban J connectivity index is 1.52. The zero-order valence-electron chi connectivity index (χ0n) is 16.2. The van der Waals surface area contributed by atoms with Gasteiger partial charge in [0.05, 0.1) is 23.9 Å². The molecule has 2 aromatic rings. The highest BCUT2D eigenvalue weighted by molar-refractivity contribution is 7.80. The summed E-state index contributed by atoms with van der Waals surface area (Å²) in [7, 11) is 0. The summed E-state index contributed by atoms with van der Waals surface area (Å²) in [5, 5.41) is 4.39. The predicted octanol–water partition coefficient (Wildman–Crippen LogP) is 4.15. The Morgan fingerprint density at radius 1 is 1.11 bits per heavy atom. The van der Waals surface area contributed by atoms with Gasteiger partial charge in [0.25, 0.3) is 0 Å². The topological polar surface area (TPSA) is 42.3 Å². The maximum absolute atomic E-state index is 5.95. The van der Waals surface area contributed by atoms with Gasteiger partial charge in [-0.1, -0.05) is 18.9 Å². The van der Waals surface area contributed by atoms with Gasteiger partial charge in [-0.2, -0.15) is 0 Å². The molecule has 5 nitrogen and oxygen atoms in total. The molecule has 4 heterocycles. The first-order valence-electron chi connectivity index (χ1n) is 10.6. The minimum absolute atomic E-state index is 0.0603. The fourth-order valence-corrected chi connectivity index (χ4v) is 5.42. The number of ether oxygens (including phenoxy) is 1. The first-order valence-corrected chi connectivity index (χ1v) is 11.0. The SMILES string of the molecule is S=C1N[C@H](c2ccccn2)[C@H](c2cccn2C2CCCC2)N1C[C@H]1CCCO1. The van der Waals surface area contributed by atoms with Crippen molar-refractivity contribution in [1.82, 2.24) is 19.8 Å². The van der Waals surface area contributed by atoms with Crippen molar-refractivity contribution in [3.63, 3.8) is 0 Å². The number of nitrogens with zero attached hydrogens (tertiary/aromatic N) is 3. The lowest BCUT2D eigenvalue weighted by molar-refractivity contribution is 0.0832. The van der Waals surface area contributed by atoms with Crippen LogP contribution in [0.25, 0.3) is 0 Å². The molecule has 1 saturated carbocycles. The second kappa shape index (κ2) is 7.84. The van der Waals surface area contributed by atoms with Crippen LogP contribution in [0, 0.1) is 0 Å². The van der Waals surface area contributed by atoms with E-state index in [0.717, 1.165) is 36.8 Å². The smallest absolute Gasteiger partial charge is 0.170 e. The van der Waals surface area contributed by atoms with Crippen LogP contribution in [0.15, 0.2) is 42.7 Å². The van der Waals surface area contributed by atoms with Gasteiger partial charge < -0.3 is 19.5 Å². The normalized spacial score (nSPS) is 28.2. The third kappa shape index (κ3) is 3.33. The fourth-order valence-electron chi connectivity index (χ4n) is 5.10. The number of pyridine rings is 1. The highest BCUT2D eigenvalue weighted by Gasteiger charge is 2.42. The Morgan fingerprint density at radius 3 is 2.75 bits per heavy atom. The average Bonchev–Trinajstić information content (AvgIpc) is 3.51. The lowest BCUT2D eigenvalue weighted by Crippen LogP contribution is -2.37. The molecule has 6 heteroatoms. The minimum Gasteiger partial charge on any atom is -0.376 e. The van der Waals surface area contributed by atoms with Gasteiger partial charge in [0.15, 0.2) is 5.11 Å². The maximum Gasteiger partial charge on any atom is 0.170 e. The van der Waals surface area contributed by atoms with Gasteiger partial charge in [-0.3, -0.25) is 4.98 Å². The van der Waals surface area contributed by atoms with Crippen molar-refractivity contribution >= 4 is 17.3 Å². The first kappa shape index (κ1) is 18.1. The van der Waals surface area contributed by atoms with Crippen molar-refractivity contribution < 1.29 is 4.74 Å². The van der Waals surface area contributed by atoms with E-state index < -0.39 is 0 Å². The van der Waals surface area contributed by atoms with E-state index in [2.05, 4.69) is 50.2 Å². The van der Waals surface area contributed by atoms with Gasteiger partial charge in [-0.15, -0.1) is 0 Å². The third-order valence-electron chi connectivity index (χ3n) is 6.46. The molecule has 5 rings (SSSR count).